The van der Waals surface area contributed by atoms with E-state index in [1.165, 1.54) is 18.4 Å². The van der Waals surface area contributed by atoms with E-state index in [1.807, 2.05) is 11.0 Å². The molecule has 166 valence electrons. The number of carbonyl (C=O) groups excluding carboxylic acids is 1. The molecule has 5 nitrogen and oxygen atoms in total. The summed E-state index contributed by atoms with van der Waals surface area (Å²) in [7, 11) is 0. The summed E-state index contributed by atoms with van der Waals surface area (Å²) in [5.74, 6) is 0.723. The van der Waals surface area contributed by atoms with Gasteiger partial charge in [0.05, 0.1) is 13.2 Å². The van der Waals surface area contributed by atoms with E-state index in [0.717, 1.165) is 39.1 Å². The van der Waals surface area contributed by atoms with Crippen LogP contribution in [0.4, 0.5) is 0 Å². The number of ether oxygens (including phenoxy) is 2. The Morgan fingerprint density at radius 3 is 2.45 bits per heavy atom. The molecule has 0 bridgehead atoms. The molecule has 0 unspecified atom stereocenters. The molecule has 0 aromatic heterocycles. The molecule has 2 aromatic rings. The predicted molar refractivity (Wildman–Crippen MR) is 122 cm³/mol. The van der Waals surface area contributed by atoms with Crippen LogP contribution in [0.2, 0.25) is 5.02 Å². The molecule has 2 aromatic carbocycles. The Kier molecular flexibility index (Phi) is 7.84. The van der Waals surface area contributed by atoms with Crippen molar-refractivity contribution in [3.05, 3.63) is 65.2 Å². The second-order valence-electron chi connectivity index (χ2n) is 8.39. The van der Waals surface area contributed by atoms with E-state index in [-0.39, 0.29) is 12.5 Å². The van der Waals surface area contributed by atoms with Crippen LogP contribution >= 0.6 is 11.6 Å². The van der Waals surface area contributed by atoms with Gasteiger partial charge in [0.25, 0.3) is 5.91 Å². The second kappa shape index (κ2) is 11.0. The normalized spacial score (nSPS) is 20.2. The Labute approximate surface area is 189 Å². The molecule has 31 heavy (non-hydrogen) atoms. The van der Waals surface area contributed by atoms with E-state index >= 15 is 0 Å². The van der Waals surface area contributed by atoms with Gasteiger partial charge in [0.2, 0.25) is 0 Å². The number of likely N-dealkylation sites (tertiary alicyclic amines) is 2. The molecular formula is C25H31ClN2O3. The maximum Gasteiger partial charge on any atom is 0.260 e. The van der Waals surface area contributed by atoms with Crippen molar-refractivity contribution in [1.82, 2.24) is 9.80 Å². The summed E-state index contributed by atoms with van der Waals surface area (Å²) in [5.41, 5.74) is 1.22. The third-order valence-corrected chi connectivity index (χ3v) is 6.56. The number of hydrogen-bond donors (Lipinski definition) is 0. The van der Waals surface area contributed by atoms with Gasteiger partial charge in [-0.25, -0.2) is 0 Å². The monoisotopic (exact) mass is 442 g/mol. The number of rotatable bonds is 8. The topological polar surface area (TPSA) is 42.0 Å². The molecule has 2 aliphatic rings. The molecule has 2 fully saturated rings. The first-order valence-corrected chi connectivity index (χ1v) is 11.6. The van der Waals surface area contributed by atoms with Crippen LogP contribution in [0.3, 0.4) is 0 Å². The van der Waals surface area contributed by atoms with Crippen molar-refractivity contribution in [2.45, 2.75) is 44.4 Å². The number of benzene rings is 2. The highest BCUT2D eigenvalue weighted by molar-refractivity contribution is 6.30. The minimum atomic E-state index is 0.0533. The van der Waals surface area contributed by atoms with E-state index in [1.54, 1.807) is 24.3 Å². The number of piperidine rings is 1. The third-order valence-electron chi connectivity index (χ3n) is 6.31. The van der Waals surface area contributed by atoms with Gasteiger partial charge in [0.15, 0.2) is 6.61 Å². The highest BCUT2D eigenvalue weighted by Crippen LogP contribution is 2.26. The lowest BCUT2D eigenvalue weighted by Crippen LogP contribution is -2.49. The maximum absolute atomic E-state index is 12.5. The molecule has 2 heterocycles. The fourth-order valence-electron chi connectivity index (χ4n) is 4.62. The molecule has 1 amide bonds. The fraction of sp³-hybridized carbons (Fsp3) is 0.480. The summed E-state index contributed by atoms with van der Waals surface area (Å²) in [5, 5.41) is 0.659. The molecule has 6 heteroatoms. The lowest BCUT2D eigenvalue weighted by Gasteiger charge is -2.39. The maximum atomic E-state index is 12.5. The Morgan fingerprint density at radius 2 is 1.71 bits per heavy atom. The van der Waals surface area contributed by atoms with Crippen LogP contribution in [0.5, 0.6) is 5.75 Å². The van der Waals surface area contributed by atoms with Gasteiger partial charge < -0.3 is 14.4 Å². The SMILES string of the molecule is O=C(COc1ccc(Cl)cc1)N1CCC(N2CCC[C@@H]2COCc2ccccc2)CC1. The highest BCUT2D eigenvalue weighted by atomic mass is 35.5. The Bertz CT molecular complexity index is 822. The van der Waals surface area contributed by atoms with Crippen molar-refractivity contribution in [2.24, 2.45) is 0 Å². The number of halogens is 1. The molecule has 1 atom stereocenters. The zero-order valence-electron chi connectivity index (χ0n) is 17.9. The van der Waals surface area contributed by atoms with E-state index in [0.29, 0.717) is 29.5 Å². The van der Waals surface area contributed by atoms with E-state index in [4.69, 9.17) is 21.1 Å². The van der Waals surface area contributed by atoms with E-state index in [2.05, 4.69) is 29.2 Å². The molecule has 0 radical (unpaired) electrons. The zero-order valence-corrected chi connectivity index (χ0v) is 18.7. The van der Waals surface area contributed by atoms with Gasteiger partial charge in [-0.3, -0.25) is 9.69 Å². The van der Waals surface area contributed by atoms with Gasteiger partial charge in [0.1, 0.15) is 5.75 Å². The van der Waals surface area contributed by atoms with Crippen molar-refractivity contribution in [3.8, 4) is 5.75 Å². The number of hydrogen-bond acceptors (Lipinski definition) is 4. The number of carbonyl (C=O) groups is 1. The van der Waals surface area contributed by atoms with Crippen LogP contribution in [-0.4, -0.2) is 60.6 Å². The Morgan fingerprint density at radius 1 is 0.968 bits per heavy atom. The standard InChI is InChI=1S/C25H31ClN2O3/c26-21-8-10-24(11-9-21)31-19-25(29)27-15-12-22(13-16-27)28-14-4-7-23(28)18-30-17-20-5-2-1-3-6-20/h1-3,5-6,8-11,22-23H,4,7,12-19H2/t23-/m1/s1. The molecule has 4 rings (SSSR count). The van der Waals surface area contributed by atoms with Gasteiger partial charge in [-0.15, -0.1) is 0 Å². The average molecular weight is 443 g/mol. The Hall–Kier alpha value is -2.08. The smallest absolute Gasteiger partial charge is 0.260 e. The molecule has 0 saturated carbocycles. The van der Waals surface area contributed by atoms with Crippen LogP contribution in [0.25, 0.3) is 0 Å². The molecule has 0 N–H and O–H groups in total. The second-order valence-corrected chi connectivity index (χ2v) is 8.83. The molecule has 0 spiro atoms. The summed E-state index contributed by atoms with van der Waals surface area (Å²) in [6.45, 7) is 4.25. The van der Waals surface area contributed by atoms with Gasteiger partial charge in [0, 0.05) is 30.2 Å². The largest absolute Gasteiger partial charge is 0.484 e. The molecule has 2 aliphatic heterocycles. The number of amides is 1. The Balaban J connectivity index is 1.19. The summed E-state index contributed by atoms with van der Waals surface area (Å²) in [4.78, 5) is 17.1. The molecular weight excluding hydrogens is 412 g/mol. The molecule has 0 aliphatic carbocycles. The highest BCUT2D eigenvalue weighted by Gasteiger charge is 2.33. The van der Waals surface area contributed by atoms with Gasteiger partial charge in [-0.05, 0) is 62.1 Å². The first kappa shape index (κ1) is 22.1. The summed E-state index contributed by atoms with van der Waals surface area (Å²) in [6.07, 6.45) is 4.46. The number of nitrogens with zero attached hydrogens (tertiary/aromatic N) is 2. The van der Waals surface area contributed by atoms with Crippen molar-refractivity contribution in [3.63, 3.8) is 0 Å². The van der Waals surface area contributed by atoms with Crippen LogP contribution in [-0.2, 0) is 16.1 Å². The minimum absolute atomic E-state index is 0.0533. The fourth-order valence-corrected chi connectivity index (χ4v) is 4.74. The van der Waals surface area contributed by atoms with Gasteiger partial charge >= 0.3 is 0 Å². The predicted octanol–water partition coefficient (Wildman–Crippen LogP) is 4.39. The van der Waals surface area contributed by atoms with E-state index in [9.17, 15) is 4.79 Å². The summed E-state index contributed by atoms with van der Waals surface area (Å²) >= 11 is 5.89. The lowest BCUT2D eigenvalue weighted by atomic mass is 10.0. The van der Waals surface area contributed by atoms with Crippen LogP contribution < -0.4 is 4.74 Å². The average Bonchev–Trinajstić information content (AvgIpc) is 3.28. The first-order valence-electron chi connectivity index (χ1n) is 11.2. The van der Waals surface area contributed by atoms with E-state index < -0.39 is 0 Å². The third kappa shape index (κ3) is 6.22. The van der Waals surface area contributed by atoms with Crippen LogP contribution in [0.15, 0.2) is 54.6 Å². The quantitative estimate of drug-likeness (QED) is 0.608. The summed E-state index contributed by atoms with van der Waals surface area (Å²) < 4.78 is 11.7. The van der Waals surface area contributed by atoms with Gasteiger partial charge in [-0.2, -0.15) is 0 Å². The van der Waals surface area contributed by atoms with Crippen molar-refractivity contribution in [1.29, 1.82) is 0 Å². The van der Waals surface area contributed by atoms with Crippen LogP contribution in [0.1, 0.15) is 31.2 Å². The van der Waals surface area contributed by atoms with Gasteiger partial charge in [-0.1, -0.05) is 41.9 Å². The zero-order chi connectivity index (χ0) is 21.5. The van der Waals surface area contributed by atoms with Crippen LogP contribution in [0, 0.1) is 0 Å². The van der Waals surface area contributed by atoms with Crippen molar-refractivity contribution in [2.75, 3.05) is 32.8 Å². The first-order chi connectivity index (χ1) is 15.2. The van der Waals surface area contributed by atoms with Crippen molar-refractivity contribution >= 4 is 17.5 Å². The lowest BCUT2D eigenvalue weighted by molar-refractivity contribution is -0.135. The van der Waals surface area contributed by atoms with Crippen molar-refractivity contribution < 1.29 is 14.3 Å². The molecule has 2 saturated heterocycles. The summed E-state index contributed by atoms with van der Waals surface area (Å²) in [6, 6.07) is 18.5. The minimum Gasteiger partial charge on any atom is -0.484 e.